The highest BCUT2D eigenvalue weighted by Crippen LogP contribution is 2.61. The number of fused-ring (bicyclic) bond motifs is 2. The summed E-state index contributed by atoms with van der Waals surface area (Å²) in [5, 5.41) is 29.6. The molecule has 4 fully saturated rings. The summed E-state index contributed by atoms with van der Waals surface area (Å²) < 4.78 is 12.1. The minimum Gasteiger partial charge on any atom is -0.496 e. The molecule has 10 atom stereocenters. The van der Waals surface area contributed by atoms with Crippen LogP contribution in [0, 0.1) is 29.1 Å². The van der Waals surface area contributed by atoms with Crippen LogP contribution in [0.15, 0.2) is 66.7 Å². The summed E-state index contributed by atoms with van der Waals surface area (Å²) in [5.41, 5.74) is 4.81. The number of hydroxylamine groups is 2. The molecule has 316 valence electrons. The first-order chi connectivity index (χ1) is 27.6. The Balaban J connectivity index is 1.30. The van der Waals surface area contributed by atoms with E-state index >= 15 is 0 Å². The van der Waals surface area contributed by atoms with Crippen molar-refractivity contribution in [2.75, 3.05) is 60.5 Å². The van der Waals surface area contributed by atoms with E-state index in [-0.39, 0.29) is 48.6 Å². The van der Waals surface area contributed by atoms with Crippen molar-refractivity contribution in [2.24, 2.45) is 29.1 Å². The molecule has 12 heteroatoms. The average molecular weight is 800 g/mol. The van der Waals surface area contributed by atoms with Gasteiger partial charge < -0.3 is 40.1 Å². The summed E-state index contributed by atoms with van der Waals surface area (Å²) >= 11 is 0. The Hall–Kier alpha value is -4.04. The maximum absolute atomic E-state index is 14.3. The number of likely N-dealkylation sites (N-methyl/N-ethyl adjacent to an activating group) is 1. The van der Waals surface area contributed by atoms with Crippen LogP contribution in [-0.4, -0.2) is 118 Å². The number of amides is 2. The fraction of sp³-hybridized carbons (Fsp3) is 0.565. The molecule has 7 rings (SSSR count). The van der Waals surface area contributed by atoms with Crippen molar-refractivity contribution in [3.05, 3.63) is 83.4 Å². The van der Waals surface area contributed by atoms with Crippen molar-refractivity contribution >= 4 is 17.5 Å². The summed E-state index contributed by atoms with van der Waals surface area (Å²) in [5.74, 6) is 0.890. The van der Waals surface area contributed by atoms with E-state index in [9.17, 15) is 19.8 Å². The number of methoxy groups -OCH3 is 2. The lowest BCUT2D eigenvalue weighted by atomic mass is 9.45. The molecule has 2 amide bonds. The van der Waals surface area contributed by atoms with Gasteiger partial charge in [-0.25, -0.2) is 0 Å². The Bertz CT molecular complexity index is 1890. The molecule has 1 aliphatic heterocycles. The monoisotopic (exact) mass is 799 g/mol. The van der Waals surface area contributed by atoms with Gasteiger partial charge in [0.1, 0.15) is 24.0 Å². The van der Waals surface area contributed by atoms with E-state index in [1.807, 2.05) is 105 Å². The van der Waals surface area contributed by atoms with Crippen molar-refractivity contribution in [2.45, 2.75) is 83.5 Å². The minimum atomic E-state index is -0.912. The lowest BCUT2D eigenvalue weighted by Gasteiger charge is -2.62. The van der Waals surface area contributed by atoms with Crippen LogP contribution in [0.25, 0.3) is 11.1 Å². The molecule has 4 aliphatic rings. The van der Waals surface area contributed by atoms with Crippen molar-refractivity contribution in [3.8, 4) is 16.9 Å². The van der Waals surface area contributed by atoms with Gasteiger partial charge in [-0.1, -0.05) is 69.3 Å². The first-order valence-electron chi connectivity index (χ1n) is 20.6. The predicted molar refractivity (Wildman–Crippen MR) is 226 cm³/mol. The molecule has 3 aromatic carbocycles. The number of hydrogen-bond donors (Lipinski definition) is 4. The molecule has 0 aromatic heterocycles. The van der Waals surface area contributed by atoms with Gasteiger partial charge in [-0.3, -0.25) is 14.4 Å². The van der Waals surface area contributed by atoms with Crippen molar-refractivity contribution < 1.29 is 34.1 Å². The number of carbonyl (C=O) groups is 2. The molecule has 12 nitrogen and oxygen atoms in total. The Kier molecular flexibility index (Phi) is 13.6. The fourth-order valence-corrected chi connectivity index (χ4v) is 10.0. The van der Waals surface area contributed by atoms with Crippen LogP contribution < -0.4 is 20.3 Å². The first kappa shape index (κ1) is 43.5. The average Bonchev–Trinajstić information content (AvgIpc) is 3.57. The van der Waals surface area contributed by atoms with Crippen LogP contribution in [-0.2, 0) is 20.9 Å². The Labute approximate surface area is 344 Å². The number of carbonyl (C=O) groups excluding carboxylic acids is 2. The SMILES string of the molecule is COc1c(CN2O[C@@H](CO)[C@@H]([C@H](C)O)[C@H]2C(=O)N[C@H]2C[C@@H]3C[C@H]([C@@H]2C)C3(C)C)cccc1-c1cc(C(=O)N[C@H](CN(C)C)[C@H](OC)c2ccccc2)cc(N(C)C)c1. The van der Waals surface area contributed by atoms with Crippen molar-refractivity contribution in [3.63, 3.8) is 0 Å². The van der Waals surface area contributed by atoms with Crippen LogP contribution in [0.5, 0.6) is 5.75 Å². The number of ether oxygens (including phenoxy) is 2. The van der Waals surface area contributed by atoms with Crippen LogP contribution >= 0.6 is 0 Å². The topological polar surface area (TPSA) is 136 Å². The third kappa shape index (κ3) is 8.78. The summed E-state index contributed by atoms with van der Waals surface area (Å²) in [4.78, 5) is 38.8. The van der Waals surface area contributed by atoms with E-state index in [4.69, 9.17) is 14.3 Å². The molecule has 4 N–H and O–H groups in total. The smallest absolute Gasteiger partial charge is 0.251 e. The largest absolute Gasteiger partial charge is 0.496 e. The maximum atomic E-state index is 14.3. The van der Waals surface area contributed by atoms with Gasteiger partial charge in [-0.05, 0) is 86.4 Å². The summed E-state index contributed by atoms with van der Waals surface area (Å²) in [7, 11) is 11.1. The Morgan fingerprint density at radius 3 is 2.33 bits per heavy atom. The van der Waals surface area contributed by atoms with Gasteiger partial charge in [0.2, 0.25) is 5.91 Å². The molecular weight excluding hydrogens is 735 g/mol. The third-order valence-corrected chi connectivity index (χ3v) is 13.3. The Morgan fingerprint density at radius 1 is 1.02 bits per heavy atom. The van der Waals surface area contributed by atoms with Crippen LogP contribution in [0.4, 0.5) is 5.69 Å². The number of aliphatic hydroxyl groups is 2. The molecule has 3 aromatic rings. The standard InChI is InChI=1S/C46H65N5O7/c1-27-36-22-33(46(36,3)4)23-37(27)47-45(55)41-40(28(2)53)39(26-52)58-51(41)24-30-17-14-18-35(42(30)56-9)31-19-32(21-34(20-31)50(7)8)44(54)48-38(25-49(5)6)43(57-10)29-15-12-11-13-16-29/h11-21,27-28,33,36-41,43,52-53H,22-26H2,1-10H3,(H,47,55)(H,48,54)/t27-,28-,33-,36+,37-,38+,39-,40+,41-,43+/m0/s1. The second-order valence-electron chi connectivity index (χ2n) is 17.8. The molecule has 1 heterocycles. The van der Waals surface area contributed by atoms with Crippen LogP contribution in [0.3, 0.4) is 0 Å². The second kappa shape index (κ2) is 18.1. The molecule has 58 heavy (non-hydrogen) atoms. The van der Waals surface area contributed by atoms with Gasteiger partial charge in [0, 0.05) is 62.1 Å². The summed E-state index contributed by atoms with van der Waals surface area (Å²) in [6.07, 6.45) is 0.0635. The highest BCUT2D eigenvalue weighted by molar-refractivity contribution is 5.97. The molecule has 1 saturated heterocycles. The van der Waals surface area contributed by atoms with Crippen molar-refractivity contribution in [1.82, 2.24) is 20.6 Å². The number of para-hydroxylation sites is 1. The number of nitrogens with one attached hydrogen (secondary N) is 2. The number of hydrogen-bond acceptors (Lipinski definition) is 10. The van der Waals surface area contributed by atoms with Gasteiger partial charge >= 0.3 is 0 Å². The third-order valence-electron chi connectivity index (χ3n) is 13.3. The molecule has 0 unspecified atom stereocenters. The van der Waals surface area contributed by atoms with E-state index in [1.54, 1.807) is 26.2 Å². The summed E-state index contributed by atoms with van der Waals surface area (Å²) in [6, 6.07) is 20.3. The van der Waals surface area contributed by atoms with E-state index < -0.39 is 24.2 Å². The zero-order valence-corrected chi connectivity index (χ0v) is 35.9. The zero-order chi connectivity index (χ0) is 42.1. The number of benzene rings is 3. The highest BCUT2D eigenvalue weighted by Gasteiger charge is 2.57. The molecule has 3 saturated carbocycles. The first-order valence-corrected chi connectivity index (χ1v) is 20.6. The Morgan fingerprint density at radius 2 is 1.74 bits per heavy atom. The maximum Gasteiger partial charge on any atom is 0.251 e. The number of nitrogens with zero attached hydrogens (tertiary/aromatic N) is 3. The molecule has 0 spiro atoms. The molecule has 2 bridgehead atoms. The van der Waals surface area contributed by atoms with Crippen molar-refractivity contribution in [1.29, 1.82) is 0 Å². The number of aliphatic hydroxyl groups excluding tert-OH is 2. The predicted octanol–water partition coefficient (Wildman–Crippen LogP) is 5.14. The second-order valence-corrected chi connectivity index (χ2v) is 17.8. The van der Waals surface area contributed by atoms with Gasteiger partial charge in [0.05, 0.1) is 32.4 Å². The van der Waals surface area contributed by atoms with E-state index in [0.29, 0.717) is 35.6 Å². The normalized spacial score (nSPS) is 26.7. The van der Waals surface area contributed by atoms with Gasteiger partial charge in [0.25, 0.3) is 5.91 Å². The molecule has 3 aliphatic carbocycles. The van der Waals surface area contributed by atoms with E-state index in [0.717, 1.165) is 34.4 Å². The lowest BCUT2D eigenvalue weighted by molar-refractivity contribution is -0.183. The fourth-order valence-electron chi connectivity index (χ4n) is 10.0. The van der Waals surface area contributed by atoms with E-state index in [2.05, 4.69) is 31.4 Å². The van der Waals surface area contributed by atoms with Crippen LogP contribution in [0.1, 0.15) is 68.1 Å². The van der Waals surface area contributed by atoms with Gasteiger partial charge in [-0.15, -0.1) is 0 Å². The lowest BCUT2D eigenvalue weighted by Crippen LogP contribution is -2.62. The van der Waals surface area contributed by atoms with Gasteiger partial charge in [-0.2, -0.15) is 5.06 Å². The molecule has 0 radical (unpaired) electrons. The highest BCUT2D eigenvalue weighted by atomic mass is 16.7. The van der Waals surface area contributed by atoms with Crippen LogP contribution in [0.2, 0.25) is 0 Å². The van der Waals surface area contributed by atoms with E-state index in [1.165, 1.54) is 6.42 Å². The molecular formula is C46H65N5O7. The number of anilines is 1. The zero-order valence-electron chi connectivity index (χ0n) is 35.9. The van der Waals surface area contributed by atoms with Gasteiger partial charge in [0.15, 0.2) is 0 Å². The summed E-state index contributed by atoms with van der Waals surface area (Å²) in [6.45, 7) is 8.91. The quantitative estimate of drug-likeness (QED) is 0.154. The minimum absolute atomic E-state index is 0.0269. The number of rotatable bonds is 16.